The molecule has 1 aromatic rings. The third-order valence-electron chi connectivity index (χ3n) is 6.77. The van der Waals surface area contributed by atoms with Crippen LogP contribution in [0.25, 0.3) is 0 Å². The van der Waals surface area contributed by atoms with Crippen molar-refractivity contribution in [1.29, 1.82) is 0 Å². The first-order chi connectivity index (χ1) is 13.5. The smallest absolute Gasteiger partial charge is 0.236 e. The van der Waals surface area contributed by atoms with E-state index in [4.69, 9.17) is 0 Å². The second kappa shape index (κ2) is 7.84. The number of likely N-dealkylation sites (tertiary alicyclic amines) is 3. The average Bonchev–Trinajstić information content (AvgIpc) is 3.22. The molecule has 0 saturated carbocycles. The molecular formula is C22H31N3O3. The molecule has 0 radical (unpaired) electrons. The zero-order valence-electron chi connectivity index (χ0n) is 16.7. The average molecular weight is 386 g/mol. The molecule has 3 atom stereocenters. The van der Waals surface area contributed by atoms with Gasteiger partial charge < -0.3 is 14.9 Å². The van der Waals surface area contributed by atoms with E-state index < -0.39 is 11.5 Å². The van der Waals surface area contributed by atoms with Gasteiger partial charge in [0.1, 0.15) is 0 Å². The van der Waals surface area contributed by atoms with Crippen LogP contribution in [0.3, 0.4) is 0 Å². The van der Waals surface area contributed by atoms with Crippen LogP contribution in [0.1, 0.15) is 43.7 Å². The molecule has 3 aliphatic rings. The largest absolute Gasteiger partial charge is 0.391 e. The van der Waals surface area contributed by atoms with Crippen LogP contribution in [0, 0.1) is 5.41 Å². The van der Waals surface area contributed by atoms with Crippen molar-refractivity contribution in [2.24, 2.45) is 5.41 Å². The summed E-state index contributed by atoms with van der Waals surface area (Å²) in [7, 11) is 1.80. The molecule has 0 unspecified atom stereocenters. The highest BCUT2D eigenvalue weighted by molar-refractivity contribution is 5.85. The van der Waals surface area contributed by atoms with Gasteiger partial charge >= 0.3 is 0 Å². The number of amides is 2. The Bertz CT molecular complexity index is 719. The lowest BCUT2D eigenvalue weighted by Crippen LogP contribution is -2.60. The first-order valence-electron chi connectivity index (χ1n) is 10.5. The normalized spacial score (nSPS) is 31.6. The molecule has 0 bridgehead atoms. The summed E-state index contributed by atoms with van der Waals surface area (Å²) in [4.78, 5) is 31.8. The molecule has 0 aromatic heterocycles. The maximum absolute atomic E-state index is 13.4. The van der Waals surface area contributed by atoms with Gasteiger partial charge in [-0.05, 0) is 44.2 Å². The van der Waals surface area contributed by atoms with Gasteiger partial charge in [-0.3, -0.25) is 14.5 Å². The molecule has 28 heavy (non-hydrogen) atoms. The maximum Gasteiger partial charge on any atom is 0.236 e. The molecular weight excluding hydrogens is 354 g/mol. The Morgan fingerprint density at radius 3 is 2.57 bits per heavy atom. The van der Waals surface area contributed by atoms with Crippen LogP contribution >= 0.6 is 0 Å². The van der Waals surface area contributed by atoms with Crippen LogP contribution in [-0.4, -0.2) is 77.5 Å². The summed E-state index contributed by atoms with van der Waals surface area (Å²) >= 11 is 0. The molecule has 1 aromatic carbocycles. The maximum atomic E-state index is 13.4. The number of piperidine rings is 2. The van der Waals surface area contributed by atoms with E-state index in [0.29, 0.717) is 19.5 Å². The number of aliphatic hydroxyl groups excluding tert-OH is 1. The standard InChI is InChI=1S/C22H31N3O3/c1-23-20(17-8-3-2-4-9-17)18(26)14-22(21(23)28)10-7-11-24(16-22)15-19(27)25-12-5-6-13-25/h2-4,8-9,18,20,26H,5-7,10-16H2,1H3/t18-,20+,22-/m1/s1. The number of hydrogen-bond acceptors (Lipinski definition) is 4. The number of nitrogens with zero attached hydrogens (tertiary/aromatic N) is 3. The lowest BCUT2D eigenvalue weighted by atomic mass is 9.69. The second-order valence-corrected chi connectivity index (χ2v) is 8.73. The molecule has 3 heterocycles. The predicted octanol–water partition coefficient (Wildman–Crippen LogP) is 1.66. The van der Waals surface area contributed by atoms with Crippen molar-refractivity contribution in [2.45, 2.75) is 44.2 Å². The third kappa shape index (κ3) is 3.55. The number of hydrogen-bond donors (Lipinski definition) is 1. The quantitative estimate of drug-likeness (QED) is 0.860. The van der Waals surface area contributed by atoms with Crippen molar-refractivity contribution in [2.75, 3.05) is 39.8 Å². The summed E-state index contributed by atoms with van der Waals surface area (Å²) in [6, 6.07) is 9.46. The fourth-order valence-corrected chi connectivity index (χ4v) is 5.41. The van der Waals surface area contributed by atoms with Gasteiger partial charge in [-0.25, -0.2) is 0 Å². The fourth-order valence-electron chi connectivity index (χ4n) is 5.41. The van der Waals surface area contributed by atoms with E-state index in [0.717, 1.165) is 50.9 Å². The van der Waals surface area contributed by atoms with Gasteiger partial charge in [0.2, 0.25) is 11.8 Å². The van der Waals surface area contributed by atoms with Gasteiger partial charge in [0.15, 0.2) is 0 Å². The van der Waals surface area contributed by atoms with E-state index in [9.17, 15) is 14.7 Å². The summed E-state index contributed by atoms with van der Waals surface area (Å²) in [5.74, 6) is 0.277. The Labute approximate surface area is 167 Å². The van der Waals surface area contributed by atoms with Gasteiger partial charge in [-0.1, -0.05) is 30.3 Å². The highest BCUT2D eigenvalue weighted by Crippen LogP contribution is 2.45. The minimum Gasteiger partial charge on any atom is -0.391 e. The van der Waals surface area contributed by atoms with Crippen LogP contribution in [-0.2, 0) is 9.59 Å². The molecule has 3 aliphatic heterocycles. The molecule has 4 rings (SSSR count). The third-order valence-corrected chi connectivity index (χ3v) is 6.77. The number of likely N-dealkylation sites (N-methyl/N-ethyl adjacent to an activating group) is 1. The predicted molar refractivity (Wildman–Crippen MR) is 106 cm³/mol. The molecule has 1 spiro atoms. The van der Waals surface area contributed by atoms with Crippen LogP contribution in [0.15, 0.2) is 30.3 Å². The van der Waals surface area contributed by atoms with Gasteiger partial charge in [0, 0.05) is 26.7 Å². The number of benzene rings is 1. The zero-order valence-corrected chi connectivity index (χ0v) is 16.7. The monoisotopic (exact) mass is 385 g/mol. The van der Waals surface area contributed by atoms with Gasteiger partial charge in [-0.2, -0.15) is 0 Å². The molecule has 3 fully saturated rings. The van der Waals surface area contributed by atoms with E-state index in [-0.39, 0.29) is 17.9 Å². The Kier molecular flexibility index (Phi) is 5.43. The first-order valence-corrected chi connectivity index (χ1v) is 10.5. The van der Waals surface area contributed by atoms with E-state index in [1.54, 1.807) is 11.9 Å². The molecule has 0 aliphatic carbocycles. The molecule has 1 N–H and O–H groups in total. The van der Waals surface area contributed by atoms with Crippen molar-refractivity contribution >= 4 is 11.8 Å². The second-order valence-electron chi connectivity index (χ2n) is 8.73. The Hall–Kier alpha value is -1.92. The van der Waals surface area contributed by atoms with Crippen LogP contribution in [0.5, 0.6) is 0 Å². The van der Waals surface area contributed by atoms with Crippen molar-refractivity contribution in [3.63, 3.8) is 0 Å². The summed E-state index contributed by atoms with van der Waals surface area (Å²) < 4.78 is 0. The zero-order chi connectivity index (χ0) is 19.7. The summed E-state index contributed by atoms with van der Waals surface area (Å²) in [6.45, 7) is 3.51. The lowest BCUT2D eigenvalue weighted by molar-refractivity contribution is -0.163. The first kappa shape index (κ1) is 19.4. The highest BCUT2D eigenvalue weighted by Gasteiger charge is 2.52. The lowest BCUT2D eigenvalue weighted by Gasteiger charge is -2.51. The summed E-state index contributed by atoms with van der Waals surface area (Å²) in [6.07, 6.45) is 3.71. The van der Waals surface area contributed by atoms with Crippen molar-refractivity contribution in [3.05, 3.63) is 35.9 Å². The molecule has 6 nitrogen and oxygen atoms in total. The number of carbonyl (C=O) groups is 2. The molecule has 6 heteroatoms. The molecule has 3 saturated heterocycles. The van der Waals surface area contributed by atoms with Crippen LogP contribution in [0.4, 0.5) is 0 Å². The Morgan fingerprint density at radius 1 is 1.14 bits per heavy atom. The van der Waals surface area contributed by atoms with Crippen LogP contribution < -0.4 is 0 Å². The van der Waals surface area contributed by atoms with E-state index in [1.165, 1.54) is 0 Å². The van der Waals surface area contributed by atoms with Crippen molar-refractivity contribution in [1.82, 2.24) is 14.7 Å². The van der Waals surface area contributed by atoms with Gasteiger partial charge in [0.05, 0.1) is 24.1 Å². The Balaban J connectivity index is 1.48. The minimum atomic E-state index is -0.598. The Morgan fingerprint density at radius 2 is 1.86 bits per heavy atom. The van der Waals surface area contributed by atoms with Crippen LogP contribution in [0.2, 0.25) is 0 Å². The number of aliphatic hydroxyl groups is 1. The summed E-state index contributed by atoms with van der Waals surface area (Å²) in [5.41, 5.74) is 0.390. The van der Waals surface area contributed by atoms with Crippen molar-refractivity contribution < 1.29 is 14.7 Å². The number of carbonyl (C=O) groups excluding carboxylic acids is 2. The molecule has 2 amide bonds. The van der Waals surface area contributed by atoms with Crippen molar-refractivity contribution in [3.8, 4) is 0 Å². The highest BCUT2D eigenvalue weighted by atomic mass is 16.3. The topological polar surface area (TPSA) is 64.1 Å². The van der Waals surface area contributed by atoms with E-state index in [2.05, 4.69) is 4.90 Å². The van der Waals surface area contributed by atoms with Gasteiger partial charge in [-0.15, -0.1) is 0 Å². The summed E-state index contributed by atoms with van der Waals surface area (Å²) in [5, 5.41) is 11.0. The fraction of sp³-hybridized carbons (Fsp3) is 0.636. The van der Waals surface area contributed by atoms with Gasteiger partial charge in [0.25, 0.3) is 0 Å². The van der Waals surface area contributed by atoms with E-state index >= 15 is 0 Å². The van der Waals surface area contributed by atoms with E-state index in [1.807, 2.05) is 35.2 Å². The minimum absolute atomic E-state index is 0.102. The number of rotatable bonds is 3. The molecule has 152 valence electrons. The SMILES string of the molecule is CN1C(=O)[C@]2(CCCN(CC(=O)N3CCCC3)C2)C[C@@H](O)[C@@H]1c1ccccc1.